The van der Waals surface area contributed by atoms with E-state index in [1.54, 1.807) is 0 Å². The summed E-state index contributed by atoms with van der Waals surface area (Å²) in [6, 6.07) is 5.85. The lowest BCUT2D eigenvalue weighted by atomic mass is 10.1. The van der Waals surface area contributed by atoms with Gasteiger partial charge in [-0.15, -0.1) is 12.4 Å². The molecule has 1 atom stereocenters. The Morgan fingerprint density at radius 1 is 1.52 bits per heavy atom. The number of carbonyl (C=O) groups excluding carboxylic acids is 1. The highest BCUT2D eigenvalue weighted by Crippen LogP contribution is 2.22. The molecule has 1 saturated heterocycles. The summed E-state index contributed by atoms with van der Waals surface area (Å²) in [5, 5.41) is 6.27. The van der Waals surface area contributed by atoms with Crippen molar-refractivity contribution < 1.29 is 9.53 Å². The fraction of sp³-hybridized carbons (Fsp3) is 0.533. The number of nitrogens with zero attached hydrogens (tertiary/aromatic N) is 1. The van der Waals surface area contributed by atoms with Gasteiger partial charge in [-0.2, -0.15) is 0 Å². The Bertz CT molecular complexity index is 510. The SMILES string of the molecule is CN1CCOC(CNC(=O)c2ccc3c(c2)CCN3)C1.Cl. The zero-order chi connectivity index (χ0) is 13.9. The Morgan fingerprint density at radius 2 is 2.38 bits per heavy atom. The van der Waals surface area contributed by atoms with Gasteiger partial charge in [0.15, 0.2) is 0 Å². The number of hydrogen-bond acceptors (Lipinski definition) is 4. The van der Waals surface area contributed by atoms with Crippen LogP contribution in [0.5, 0.6) is 0 Å². The van der Waals surface area contributed by atoms with Gasteiger partial charge in [-0.3, -0.25) is 4.79 Å². The number of anilines is 1. The molecule has 2 N–H and O–H groups in total. The number of likely N-dealkylation sites (N-methyl/N-ethyl adjacent to an activating group) is 1. The van der Waals surface area contributed by atoms with E-state index in [2.05, 4.69) is 22.6 Å². The van der Waals surface area contributed by atoms with Gasteiger partial charge in [0, 0.05) is 37.4 Å². The van der Waals surface area contributed by atoms with Crippen molar-refractivity contribution in [2.45, 2.75) is 12.5 Å². The van der Waals surface area contributed by atoms with Crippen LogP contribution in [0.2, 0.25) is 0 Å². The number of amides is 1. The highest BCUT2D eigenvalue weighted by atomic mass is 35.5. The van der Waals surface area contributed by atoms with Crippen LogP contribution in [-0.2, 0) is 11.2 Å². The second-order valence-corrected chi connectivity index (χ2v) is 5.51. The zero-order valence-electron chi connectivity index (χ0n) is 12.2. The third-order valence-corrected chi connectivity index (χ3v) is 3.91. The Kier molecular flexibility index (Phi) is 5.45. The van der Waals surface area contributed by atoms with Crippen molar-refractivity contribution in [3.05, 3.63) is 29.3 Å². The number of benzene rings is 1. The number of carbonyl (C=O) groups is 1. The summed E-state index contributed by atoms with van der Waals surface area (Å²) in [4.78, 5) is 14.4. The van der Waals surface area contributed by atoms with Crippen LogP contribution in [0.3, 0.4) is 0 Å². The molecular formula is C15H22ClN3O2. The van der Waals surface area contributed by atoms with E-state index in [1.807, 2.05) is 18.2 Å². The molecule has 1 aromatic rings. The fourth-order valence-electron chi connectivity index (χ4n) is 2.74. The Hall–Kier alpha value is -1.30. The lowest BCUT2D eigenvalue weighted by molar-refractivity contribution is -0.0175. The molecule has 5 nitrogen and oxygen atoms in total. The van der Waals surface area contributed by atoms with Crippen molar-refractivity contribution in [2.75, 3.05) is 45.2 Å². The van der Waals surface area contributed by atoms with E-state index in [-0.39, 0.29) is 24.4 Å². The van der Waals surface area contributed by atoms with Crippen LogP contribution in [0, 0.1) is 0 Å². The quantitative estimate of drug-likeness (QED) is 0.879. The average molecular weight is 312 g/mol. The Balaban J connectivity index is 0.00000161. The van der Waals surface area contributed by atoms with Crippen molar-refractivity contribution in [1.29, 1.82) is 0 Å². The number of ether oxygens (including phenoxy) is 1. The molecule has 6 heteroatoms. The molecule has 0 aromatic heterocycles. The first kappa shape index (κ1) is 16.1. The molecular weight excluding hydrogens is 290 g/mol. The first-order chi connectivity index (χ1) is 9.72. The second kappa shape index (κ2) is 7.11. The van der Waals surface area contributed by atoms with Gasteiger partial charge in [-0.1, -0.05) is 0 Å². The summed E-state index contributed by atoms with van der Waals surface area (Å²) in [6.07, 6.45) is 1.08. The molecule has 2 aliphatic rings. The van der Waals surface area contributed by atoms with E-state index in [9.17, 15) is 4.79 Å². The summed E-state index contributed by atoms with van der Waals surface area (Å²) in [6.45, 7) is 4.10. The topological polar surface area (TPSA) is 53.6 Å². The van der Waals surface area contributed by atoms with Gasteiger partial charge in [0.1, 0.15) is 0 Å². The molecule has 1 unspecified atom stereocenters. The summed E-state index contributed by atoms with van der Waals surface area (Å²) in [7, 11) is 2.07. The second-order valence-electron chi connectivity index (χ2n) is 5.51. The van der Waals surface area contributed by atoms with Crippen LogP contribution < -0.4 is 10.6 Å². The van der Waals surface area contributed by atoms with Crippen molar-refractivity contribution in [1.82, 2.24) is 10.2 Å². The predicted molar refractivity (Wildman–Crippen MR) is 85.5 cm³/mol. The molecule has 0 bridgehead atoms. The monoisotopic (exact) mass is 311 g/mol. The molecule has 0 radical (unpaired) electrons. The maximum Gasteiger partial charge on any atom is 0.251 e. The van der Waals surface area contributed by atoms with Gasteiger partial charge >= 0.3 is 0 Å². The molecule has 1 aromatic carbocycles. The first-order valence-electron chi connectivity index (χ1n) is 7.17. The number of halogens is 1. The van der Waals surface area contributed by atoms with Crippen molar-refractivity contribution in [3.8, 4) is 0 Å². The van der Waals surface area contributed by atoms with Gasteiger partial charge < -0.3 is 20.3 Å². The molecule has 2 aliphatic heterocycles. The maximum absolute atomic E-state index is 12.2. The predicted octanol–water partition coefficient (Wildman–Crippen LogP) is 1.14. The minimum Gasteiger partial charge on any atom is -0.384 e. The maximum atomic E-state index is 12.2. The van der Waals surface area contributed by atoms with Gasteiger partial charge in [0.2, 0.25) is 0 Å². The normalized spacial score (nSPS) is 21.1. The van der Waals surface area contributed by atoms with Crippen LogP contribution >= 0.6 is 12.4 Å². The smallest absolute Gasteiger partial charge is 0.251 e. The minimum atomic E-state index is -0.0171. The van der Waals surface area contributed by atoms with Gasteiger partial charge in [-0.05, 0) is 37.2 Å². The van der Waals surface area contributed by atoms with Crippen LogP contribution in [-0.4, -0.2) is 56.7 Å². The van der Waals surface area contributed by atoms with E-state index in [0.717, 1.165) is 43.9 Å². The number of fused-ring (bicyclic) bond motifs is 1. The van der Waals surface area contributed by atoms with E-state index in [0.29, 0.717) is 6.54 Å². The molecule has 0 aliphatic carbocycles. The number of rotatable bonds is 3. The molecule has 116 valence electrons. The molecule has 2 heterocycles. The van der Waals surface area contributed by atoms with Crippen LogP contribution in [0.15, 0.2) is 18.2 Å². The number of nitrogens with one attached hydrogen (secondary N) is 2. The Labute approximate surface area is 131 Å². The summed E-state index contributed by atoms with van der Waals surface area (Å²) in [5.74, 6) is -0.0171. The van der Waals surface area contributed by atoms with Gasteiger partial charge in [-0.25, -0.2) is 0 Å². The molecule has 0 saturated carbocycles. The number of morpholine rings is 1. The third-order valence-electron chi connectivity index (χ3n) is 3.91. The molecule has 0 spiro atoms. The van der Waals surface area contributed by atoms with Crippen molar-refractivity contribution in [2.24, 2.45) is 0 Å². The highest BCUT2D eigenvalue weighted by Gasteiger charge is 2.19. The summed E-state index contributed by atoms with van der Waals surface area (Å²) in [5.41, 5.74) is 3.11. The summed E-state index contributed by atoms with van der Waals surface area (Å²) < 4.78 is 5.64. The van der Waals surface area contributed by atoms with E-state index >= 15 is 0 Å². The molecule has 21 heavy (non-hydrogen) atoms. The average Bonchev–Trinajstić information content (AvgIpc) is 2.92. The van der Waals surface area contributed by atoms with E-state index < -0.39 is 0 Å². The fourth-order valence-corrected chi connectivity index (χ4v) is 2.74. The van der Waals surface area contributed by atoms with Crippen molar-refractivity contribution in [3.63, 3.8) is 0 Å². The van der Waals surface area contributed by atoms with Crippen LogP contribution in [0.1, 0.15) is 15.9 Å². The third kappa shape index (κ3) is 3.87. The Morgan fingerprint density at radius 3 is 3.19 bits per heavy atom. The van der Waals surface area contributed by atoms with Crippen LogP contribution in [0.4, 0.5) is 5.69 Å². The van der Waals surface area contributed by atoms with E-state index in [1.165, 1.54) is 5.56 Å². The van der Waals surface area contributed by atoms with Crippen LogP contribution in [0.25, 0.3) is 0 Å². The lowest BCUT2D eigenvalue weighted by Crippen LogP contribution is -2.45. The van der Waals surface area contributed by atoms with E-state index in [4.69, 9.17) is 4.74 Å². The zero-order valence-corrected chi connectivity index (χ0v) is 13.0. The minimum absolute atomic E-state index is 0. The standard InChI is InChI=1S/C15H21N3O2.ClH/c1-18-6-7-20-13(10-18)9-17-15(19)12-2-3-14-11(8-12)4-5-16-14;/h2-3,8,13,16H,4-7,9-10H2,1H3,(H,17,19);1H. The van der Waals surface area contributed by atoms with Gasteiger partial charge in [0.05, 0.1) is 12.7 Å². The number of hydrogen-bond donors (Lipinski definition) is 2. The van der Waals surface area contributed by atoms with Crippen molar-refractivity contribution >= 4 is 24.0 Å². The molecule has 1 fully saturated rings. The lowest BCUT2D eigenvalue weighted by Gasteiger charge is -2.30. The first-order valence-corrected chi connectivity index (χ1v) is 7.17. The largest absolute Gasteiger partial charge is 0.384 e. The molecule has 1 amide bonds. The molecule has 3 rings (SSSR count). The summed E-state index contributed by atoms with van der Waals surface area (Å²) >= 11 is 0. The highest BCUT2D eigenvalue weighted by molar-refractivity contribution is 5.95. The van der Waals surface area contributed by atoms with Gasteiger partial charge in [0.25, 0.3) is 5.91 Å².